The van der Waals surface area contributed by atoms with Crippen LogP contribution in [-0.4, -0.2) is 36.4 Å². The van der Waals surface area contributed by atoms with Crippen LogP contribution in [0.4, 0.5) is 9.18 Å². The summed E-state index contributed by atoms with van der Waals surface area (Å²) in [6.07, 6.45) is 0.271. The highest BCUT2D eigenvalue weighted by Crippen LogP contribution is 2.32. The van der Waals surface area contributed by atoms with Crippen LogP contribution in [0.2, 0.25) is 0 Å². The summed E-state index contributed by atoms with van der Waals surface area (Å²) in [5, 5.41) is 5.36. The predicted molar refractivity (Wildman–Crippen MR) is 103 cm³/mol. The fourth-order valence-electron chi connectivity index (χ4n) is 3.29. The van der Waals surface area contributed by atoms with Crippen molar-refractivity contribution >= 4 is 17.8 Å². The van der Waals surface area contributed by atoms with E-state index in [4.69, 9.17) is 4.74 Å². The lowest BCUT2D eigenvalue weighted by Gasteiger charge is -2.25. The number of hydrogen-bond acceptors (Lipinski definition) is 4. The van der Waals surface area contributed by atoms with E-state index in [0.717, 1.165) is 10.5 Å². The number of urea groups is 1. The molecule has 2 N–H and O–H groups in total. The summed E-state index contributed by atoms with van der Waals surface area (Å²) in [5.41, 5.74) is 0.0209. The van der Waals surface area contributed by atoms with Gasteiger partial charge in [-0.2, -0.15) is 0 Å². The van der Waals surface area contributed by atoms with E-state index < -0.39 is 35.7 Å². The number of rotatable bonds is 7. The predicted octanol–water partition coefficient (Wildman–Crippen LogP) is 2.31. The molecule has 3 rings (SSSR count). The van der Waals surface area contributed by atoms with Gasteiger partial charge in [0.2, 0.25) is 5.91 Å². The molecule has 1 aliphatic heterocycles. The Bertz CT molecular complexity index is 915. The van der Waals surface area contributed by atoms with Gasteiger partial charge in [0.15, 0.2) is 0 Å². The second-order valence-electron chi connectivity index (χ2n) is 6.71. The monoisotopic (exact) mass is 399 g/mol. The molecule has 0 radical (unpaired) electrons. The number of benzene rings is 2. The summed E-state index contributed by atoms with van der Waals surface area (Å²) in [4.78, 5) is 38.6. The molecule has 8 heteroatoms. The highest BCUT2D eigenvalue weighted by atomic mass is 19.1. The number of ether oxygens (including phenoxy) is 1. The fourth-order valence-corrected chi connectivity index (χ4v) is 3.29. The lowest BCUT2D eigenvalue weighted by Crippen LogP contribution is -2.44. The van der Waals surface area contributed by atoms with Crippen molar-refractivity contribution in [2.75, 3.05) is 13.7 Å². The zero-order valence-electron chi connectivity index (χ0n) is 16.2. The number of carbonyl (C=O) groups is 3. The number of amides is 4. The zero-order chi connectivity index (χ0) is 21.0. The van der Waals surface area contributed by atoms with Crippen LogP contribution in [0.5, 0.6) is 5.75 Å². The van der Waals surface area contributed by atoms with Crippen molar-refractivity contribution in [1.29, 1.82) is 0 Å². The first-order chi connectivity index (χ1) is 13.9. The molecule has 0 bridgehead atoms. The second kappa shape index (κ2) is 8.30. The van der Waals surface area contributed by atoms with Gasteiger partial charge in [0.1, 0.15) is 23.7 Å². The summed E-state index contributed by atoms with van der Waals surface area (Å²) in [7, 11) is 1.57. The number of imide groups is 1. The molecule has 1 heterocycles. The SMILES string of the molecule is CC[C@]1(c2ccc(F)cc2)NC(=O)N(CC(=O)NCc2ccc(OC)cc2)C1=O. The Hall–Kier alpha value is -3.42. The van der Waals surface area contributed by atoms with Crippen LogP contribution < -0.4 is 15.4 Å². The van der Waals surface area contributed by atoms with Crippen LogP contribution in [0.25, 0.3) is 0 Å². The van der Waals surface area contributed by atoms with E-state index in [9.17, 15) is 18.8 Å². The normalized spacial score (nSPS) is 18.5. The minimum absolute atomic E-state index is 0.253. The summed E-state index contributed by atoms with van der Waals surface area (Å²) in [6, 6.07) is 11.9. The summed E-state index contributed by atoms with van der Waals surface area (Å²) in [6.45, 7) is 1.60. The van der Waals surface area contributed by atoms with Crippen LogP contribution in [0.1, 0.15) is 24.5 Å². The lowest BCUT2D eigenvalue weighted by atomic mass is 9.87. The molecule has 2 aromatic rings. The zero-order valence-corrected chi connectivity index (χ0v) is 16.2. The van der Waals surface area contributed by atoms with Gasteiger partial charge in [-0.05, 0) is 41.8 Å². The van der Waals surface area contributed by atoms with Crippen molar-refractivity contribution in [2.24, 2.45) is 0 Å². The van der Waals surface area contributed by atoms with Crippen molar-refractivity contribution in [1.82, 2.24) is 15.5 Å². The van der Waals surface area contributed by atoms with Crippen LogP contribution >= 0.6 is 0 Å². The third-order valence-electron chi connectivity index (χ3n) is 4.99. The van der Waals surface area contributed by atoms with Gasteiger partial charge in [-0.1, -0.05) is 31.2 Å². The molecular formula is C21H22FN3O4. The smallest absolute Gasteiger partial charge is 0.325 e. The van der Waals surface area contributed by atoms with Gasteiger partial charge in [-0.15, -0.1) is 0 Å². The Kier molecular flexibility index (Phi) is 5.81. The van der Waals surface area contributed by atoms with E-state index >= 15 is 0 Å². The van der Waals surface area contributed by atoms with Gasteiger partial charge >= 0.3 is 6.03 Å². The Labute approximate surface area is 167 Å². The Morgan fingerprint density at radius 1 is 1.14 bits per heavy atom. The third-order valence-corrected chi connectivity index (χ3v) is 4.99. The summed E-state index contributed by atoms with van der Waals surface area (Å²) >= 11 is 0. The molecule has 7 nitrogen and oxygen atoms in total. The molecule has 1 fully saturated rings. The first-order valence-electron chi connectivity index (χ1n) is 9.19. The summed E-state index contributed by atoms with van der Waals surface area (Å²) in [5.74, 6) is -0.728. The molecule has 152 valence electrons. The minimum atomic E-state index is -1.30. The molecule has 29 heavy (non-hydrogen) atoms. The molecule has 0 saturated carbocycles. The maximum Gasteiger partial charge on any atom is 0.325 e. The third kappa shape index (κ3) is 4.06. The molecule has 2 aromatic carbocycles. The van der Waals surface area contributed by atoms with Gasteiger partial charge in [0, 0.05) is 6.54 Å². The van der Waals surface area contributed by atoms with E-state index in [1.54, 1.807) is 26.2 Å². The van der Waals surface area contributed by atoms with Crippen LogP contribution in [-0.2, 0) is 21.7 Å². The lowest BCUT2D eigenvalue weighted by molar-refractivity contribution is -0.135. The van der Waals surface area contributed by atoms with E-state index in [0.29, 0.717) is 11.3 Å². The minimum Gasteiger partial charge on any atom is -0.497 e. The maximum absolute atomic E-state index is 13.2. The van der Waals surface area contributed by atoms with Crippen molar-refractivity contribution in [3.05, 3.63) is 65.5 Å². The average molecular weight is 399 g/mol. The first-order valence-corrected chi connectivity index (χ1v) is 9.19. The fraction of sp³-hybridized carbons (Fsp3) is 0.286. The van der Waals surface area contributed by atoms with Crippen molar-refractivity contribution in [3.63, 3.8) is 0 Å². The molecule has 1 saturated heterocycles. The Morgan fingerprint density at radius 3 is 2.38 bits per heavy atom. The molecule has 0 aliphatic carbocycles. The maximum atomic E-state index is 13.2. The van der Waals surface area contributed by atoms with Gasteiger partial charge in [0.05, 0.1) is 7.11 Å². The molecule has 0 spiro atoms. The van der Waals surface area contributed by atoms with E-state index in [1.807, 2.05) is 12.1 Å². The summed E-state index contributed by atoms with van der Waals surface area (Å²) < 4.78 is 18.3. The highest BCUT2D eigenvalue weighted by molar-refractivity contribution is 6.09. The van der Waals surface area contributed by atoms with Gasteiger partial charge in [0.25, 0.3) is 5.91 Å². The first kappa shape index (κ1) is 20.3. The average Bonchev–Trinajstić information content (AvgIpc) is 2.98. The number of halogens is 1. The van der Waals surface area contributed by atoms with Gasteiger partial charge in [-0.3, -0.25) is 14.5 Å². The molecule has 1 atom stereocenters. The highest BCUT2D eigenvalue weighted by Gasteiger charge is 2.51. The van der Waals surface area contributed by atoms with E-state index in [1.165, 1.54) is 24.3 Å². The molecule has 0 unspecified atom stereocenters. The van der Waals surface area contributed by atoms with Gasteiger partial charge < -0.3 is 15.4 Å². The molecule has 4 amide bonds. The topological polar surface area (TPSA) is 87.7 Å². The largest absolute Gasteiger partial charge is 0.497 e. The van der Waals surface area contributed by atoms with Gasteiger partial charge in [-0.25, -0.2) is 9.18 Å². The molecular weight excluding hydrogens is 377 g/mol. The van der Waals surface area contributed by atoms with Crippen molar-refractivity contribution in [2.45, 2.75) is 25.4 Å². The number of hydrogen-bond donors (Lipinski definition) is 2. The number of methoxy groups -OCH3 is 1. The van der Waals surface area contributed by atoms with E-state index in [-0.39, 0.29) is 13.0 Å². The standard InChI is InChI=1S/C21H22FN3O4/c1-3-21(15-6-8-16(22)9-7-15)19(27)25(20(28)24-21)13-18(26)23-12-14-4-10-17(29-2)11-5-14/h4-11H,3,12-13H2,1-2H3,(H,23,26)(H,24,28)/t21-/m1/s1. The van der Waals surface area contributed by atoms with Crippen LogP contribution in [0, 0.1) is 5.82 Å². The van der Waals surface area contributed by atoms with E-state index in [2.05, 4.69) is 10.6 Å². The molecule has 1 aliphatic rings. The van der Waals surface area contributed by atoms with Crippen molar-refractivity contribution < 1.29 is 23.5 Å². The Morgan fingerprint density at radius 2 is 1.79 bits per heavy atom. The van der Waals surface area contributed by atoms with Crippen molar-refractivity contribution in [3.8, 4) is 5.75 Å². The quantitative estimate of drug-likeness (QED) is 0.700. The Balaban J connectivity index is 1.67. The molecule has 0 aromatic heterocycles. The van der Waals surface area contributed by atoms with Crippen LogP contribution in [0.3, 0.4) is 0 Å². The number of nitrogens with one attached hydrogen (secondary N) is 2. The van der Waals surface area contributed by atoms with Crippen LogP contribution in [0.15, 0.2) is 48.5 Å². The number of carbonyl (C=O) groups excluding carboxylic acids is 3. The second-order valence-corrected chi connectivity index (χ2v) is 6.71. The number of nitrogens with zero attached hydrogens (tertiary/aromatic N) is 1.